The Bertz CT molecular complexity index is 769. The van der Waals surface area contributed by atoms with Crippen LogP contribution in [0.15, 0.2) is 36.4 Å². The predicted octanol–water partition coefficient (Wildman–Crippen LogP) is 3.83. The summed E-state index contributed by atoms with van der Waals surface area (Å²) in [5.74, 6) is -0.512. The first kappa shape index (κ1) is 18.8. The largest absolute Gasteiger partial charge is 0.482 e. The zero-order valence-corrected chi connectivity index (χ0v) is 15.1. The van der Waals surface area contributed by atoms with Crippen LogP contribution in [0.4, 0.5) is 5.69 Å². The third-order valence-corrected chi connectivity index (χ3v) is 3.78. The summed E-state index contributed by atoms with van der Waals surface area (Å²) in [6.45, 7) is 5.08. The highest BCUT2D eigenvalue weighted by Gasteiger charge is 2.10. The molecule has 6 heteroatoms. The van der Waals surface area contributed by atoms with Gasteiger partial charge in [0.05, 0.1) is 0 Å². The highest BCUT2D eigenvalue weighted by Crippen LogP contribution is 2.21. The SMILES string of the molecule is Cc1cc(C)cc(NC(=O)COC(=O)COc2ccc(Cl)c(C)c2)c1. The van der Waals surface area contributed by atoms with Crippen molar-refractivity contribution in [1.29, 1.82) is 0 Å². The van der Waals surface area contributed by atoms with Crippen molar-refractivity contribution in [2.45, 2.75) is 20.8 Å². The molecule has 0 aliphatic heterocycles. The van der Waals surface area contributed by atoms with Crippen LogP contribution < -0.4 is 10.1 Å². The van der Waals surface area contributed by atoms with E-state index in [1.54, 1.807) is 18.2 Å². The van der Waals surface area contributed by atoms with Gasteiger partial charge in [-0.25, -0.2) is 4.79 Å². The predicted molar refractivity (Wildman–Crippen MR) is 97.2 cm³/mol. The summed E-state index contributed by atoms with van der Waals surface area (Å²) in [7, 11) is 0. The van der Waals surface area contributed by atoms with Crippen molar-refractivity contribution in [3.05, 3.63) is 58.1 Å². The molecule has 0 aromatic heterocycles. The summed E-state index contributed by atoms with van der Waals surface area (Å²) >= 11 is 5.92. The number of hydrogen-bond donors (Lipinski definition) is 1. The summed E-state index contributed by atoms with van der Waals surface area (Å²) in [6.07, 6.45) is 0. The van der Waals surface area contributed by atoms with Gasteiger partial charge < -0.3 is 14.8 Å². The molecule has 0 heterocycles. The van der Waals surface area contributed by atoms with Gasteiger partial charge in [0, 0.05) is 10.7 Å². The van der Waals surface area contributed by atoms with Crippen LogP contribution in [0.5, 0.6) is 5.75 Å². The Balaban J connectivity index is 1.77. The minimum absolute atomic E-state index is 0.280. The second kappa shape index (κ2) is 8.53. The van der Waals surface area contributed by atoms with E-state index in [1.807, 2.05) is 39.0 Å². The van der Waals surface area contributed by atoms with E-state index in [2.05, 4.69) is 5.32 Å². The maximum absolute atomic E-state index is 11.9. The number of ether oxygens (including phenoxy) is 2. The van der Waals surface area contributed by atoms with E-state index in [1.165, 1.54) is 0 Å². The highest BCUT2D eigenvalue weighted by molar-refractivity contribution is 6.31. The lowest BCUT2D eigenvalue weighted by atomic mass is 10.1. The van der Waals surface area contributed by atoms with E-state index in [9.17, 15) is 9.59 Å². The molecule has 5 nitrogen and oxygen atoms in total. The van der Waals surface area contributed by atoms with Crippen LogP contribution in [-0.2, 0) is 14.3 Å². The molecule has 2 aromatic carbocycles. The van der Waals surface area contributed by atoms with Gasteiger partial charge in [0.2, 0.25) is 0 Å². The topological polar surface area (TPSA) is 64.6 Å². The molecule has 25 heavy (non-hydrogen) atoms. The van der Waals surface area contributed by atoms with Crippen molar-refractivity contribution in [3.8, 4) is 5.75 Å². The molecular weight excluding hydrogens is 342 g/mol. The number of hydrogen-bond acceptors (Lipinski definition) is 4. The van der Waals surface area contributed by atoms with Gasteiger partial charge in [-0.3, -0.25) is 4.79 Å². The minimum Gasteiger partial charge on any atom is -0.482 e. The molecule has 0 saturated carbocycles. The highest BCUT2D eigenvalue weighted by atomic mass is 35.5. The number of esters is 1. The number of benzene rings is 2. The number of anilines is 1. The van der Waals surface area contributed by atoms with E-state index in [4.69, 9.17) is 21.1 Å². The Morgan fingerprint density at radius 2 is 1.68 bits per heavy atom. The quantitative estimate of drug-likeness (QED) is 0.794. The van der Waals surface area contributed by atoms with Crippen LogP contribution in [0.2, 0.25) is 5.02 Å². The molecule has 0 aliphatic carbocycles. The number of rotatable bonds is 6. The number of amides is 1. The Kier molecular flexibility index (Phi) is 6.42. The molecule has 132 valence electrons. The second-order valence-electron chi connectivity index (χ2n) is 5.78. The number of aryl methyl sites for hydroxylation is 3. The number of nitrogens with one attached hydrogen (secondary N) is 1. The molecule has 2 rings (SSSR count). The summed E-state index contributed by atoms with van der Waals surface area (Å²) < 4.78 is 10.2. The molecule has 0 atom stereocenters. The smallest absolute Gasteiger partial charge is 0.344 e. The molecule has 0 radical (unpaired) electrons. The molecule has 2 aromatic rings. The van der Waals surface area contributed by atoms with E-state index in [0.29, 0.717) is 16.5 Å². The zero-order chi connectivity index (χ0) is 18.4. The summed E-state index contributed by atoms with van der Waals surface area (Å²) in [6, 6.07) is 10.8. The Morgan fingerprint density at radius 3 is 2.32 bits per heavy atom. The van der Waals surface area contributed by atoms with Crippen LogP contribution in [-0.4, -0.2) is 25.1 Å². The molecule has 1 amide bonds. The number of carbonyl (C=O) groups is 2. The van der Waals surface area contributed by atoms with E-state index in [0.717, 1.165) is 16.7 Å². The Morgan fingerprint density at radius 1 is 1.00 bits per heavy atom. The van der Waals surface area contributed by atoms with Crippen molar-refractivity contribution in [2.75, 3.05) is 18.5 Å². The van der Waals surface area contributed by atoms with Gasteiger partial charge in [0.1, 0.15) is 5.75 Å². The lowest BCUT2D eigenvalue weighted by molar-refractivity contribution is -0.149. The van der Waals surface area contributed by atoms with Crippen LogP contribution in [0.1, 0.15) is 16.7 Å². The van der Waals surface area contributed by atoms with Crippen molar-refractivity contribution in [3.63, 3.8) is 0 Å². The maximum Gasteiger partial charge on any atom is 0.344 e. The van der Waals surface area contributed by atoms with Crippen LogP contribution in [0.25, 0.3) is 0 Å². The maximum atomic E-state index is 11.9. The number of carbonyl (C=O) groups excluding carboxylic acids is 2. The average Bonchev–Trinajstić information content (AvgIpc) is 2.53. The van der Waals surface area contributed by atoms with Gasteiger partial charge in [-0.2, -0.15) is 0 Å². The first-order valence-corrected chi connectivity index (χ1v) is 8.14. The first-order chi connectivity index (χ1) is 11.8. The van der Waals surface area contributed by atoms with E-state index < -0.39 is 11.9 Å². The molecule has 0 bridgehead atoms. The van der Waals surface area contributed by atoms with Gasteiger partial charge in [-0.05, 0) is 67.8 Å². The molecule has 0 fully saturated rings. The molecule has 0 aliphatic rings. The lowest BCUT2D eigenvalue weighted by Gasteiger charge is -2.09. The molecule has 0 spiro atoms. The fourth-order valence-electron chi connectivity index (χ4n) is 2.28. The average molecular weight is 362 g/mol. The zero-order valence-electron chi connectivity index (χ0n) is 14.4. The second-order valence-corrected chi connectivity index (χ2v) is 6.19. The molecule has 1 N–H and O–H groups in total. The number of halogens is 1. The fraction of sp³-hybridized carbons (Fsp3) is 0.263. The first-order valence-electron chi connectivity index (χ1n) is 7.76. The normalized spacial score (nSPS) is 10.2. The van der Waals surface area contributed by atoms with E-state index >= 15 is 0 Å². The van der Waals surface area contributed by atoms with Gasteiger partial charge in [0.15, 0.2) is 13.2 Å². The van der Waals surface area contributed by atoms with Crippen molar-refractivity contribution in [1.82, 2.24) is 0 Å². The standard InChI is InChI=1S/C19H20ClNO4/c1-12-6-13(2)8-15(7-12)21-18(22)10-25-19(23)11-24-16-4-5-17(20)14(3)9-16/h4-9H,10-11H2,1-3H3,(H,21,22). The van der Waals surface area contributed by atoms with Crippen molar-refractivity contribution < 1.29 is 19.1 Å². The van der Waals surface area contributed by atoms with Gasteiger partial charge in [-0.1, -0.05) is 17.7 Å². The molecular formula is C19H20ClNO4. The summed E-state index contributed by atoms with van der Waals surface area (Å²) in [4.78, 5) is 23.5. The monoisotopic (exact) mass is 361 g/mol. The summed E-state index contributed by atoms with van der Waals surface area (Å²) in [5.41, 5.74) is 3.60. The van der Waals surface area contributed by atoms with Crippen molar-refractivity contribution >= 4 is 29.2 Å². The summed E-state index contributed by atoms with van der Waals surface area (Å²) in [5, 5.41) is 3.32. The molecule has 0 saturated heterocycles. The minimum atomic E-state index is -0.622. The fourth-order valence-corrected chi connectivity index (χ4v) is 2.40. The Labute approximate surface area is 151 Å². The van der Waals surface area contributed by atoms with E-state index in [-0.39, 0.29) is 13.2 Å². The Hall–Kier alpha value is -2.53. The molecule has 0 unspecified atom stereocenters. The van der Waals surface area contributed by atoms with Crippen LogP contribution >= 0.6 is 11.6 Å². The van der Waals surface area contributed by atoms with Crippen LogP contribution in [0, 0.1) is 20.8 Å². The third kappa shape index (κ3) is 6.12. The van der Waals surface area contributed by atoms with Gasteiger partial charge in [-0.15, -0.1) is 0 Å². The van der Waals surface area contributed by atoms with Gasteiger partial charge >= 0.3 is 5.97 Å². The lowest BCUT2D eigenvalue weighted by Crippen LogP contribution is -2.23. The van der Waals surface area contributed by atoms with Gasteiger partial charge in [0.25, 0.3) is 5.91 Å². The third-order valence-electron chi connectivity index (χ3n) is 3.36. The van der Waals surface area contributed by atoms with Crippen molar-refractivity contribution in [2.24, 2.45) is 0 Å². The van der Waals surface area contributed by atoms with Crippen LogP contribution in [0.3, 0.4) is 0 Å².